The Kier molecular flexibility index (Phi) is 7.99. The van der Waals surface area contributed by atoms with Crippen molar-refractivity contribution in [2.75, 3.05) is 20.3 Å². The molecule has 1 atom stereocenters. The highest BCUT2D eigenvalue weighted by molar-refractivity contribution is 9.11. The molecule has 108 valence electrons. The monoisotopic (exact) mass is 393 g/mol. The van der Waals surface area contributed by atoms with Gasteiger partial charge in [-0.05, 0) is 63.0 Å². The Balaban J connectivity index is 2.73. The number of methoxy groups -OCH3 is 1. The molecule has 0 fully saturated rings. The summed E-state index contributed by atoms with van der Waals surface area (Å²) in [5.74, 6) is 0.851. The molecule has 0 saturated heterocycles. The van der Waals surface area contributed by atoms with Gasteiger partial charge in [-0.3, -0.25) is 0 Å². The van der Waals surface area contributed by atoms with E-state index in [9.17, 15) is 0 Å². The molecule has 1 aromatic rings. The summed E-state index contributed by atoms with van der Waals surface area (Å²) in [4.78, 5) is 0. The van der Waals surface area contributed by atoms with Crippen LogP contribution in [-0.2, 0) is 11.3 Å². The lowest BCUT2D eigenvalue weighted by molar-refractivity contribution is 0.134. The van der Waals surface area contributed by atoms with E-state index in [1.54, 1.807) is 7.11 Å². The van der Waals surface area contributed by atoms with Crippen LogP contribution < -0.4 is 10.1 Å². The summed E-state index contributed by atoms with van der Waals surface area (Å²) in [6, 6.07) is 4.18. The summed E-state index contributed by atoms with van der Waals surface area (Å²) >= 11 is 7.15. The van der Waals surface area contributed by atoms with Gasteiger partial charge in [0.2, 0.25) is 0 Å². The highest BCUT2D eigenvalue weighted by Crippen LogP contribution is 2.35. The zero-order valence-electron chi connectivity index (χ0n) is 11.6. The van der Waals surface area contributed by atoms with Gasteiger partial charge in [-0.15, -0.1) is 0 Å². The van der Waals surface area contributed by atoms with E-state index in [1.165, 1.54) is 5.56 Å². The fraction of sp³-hybridized carbons (Fsp3) is 0.571. The maximum absolute atomic E-state index is 5.94. The van der Waals surface area contributed by atoms with Crippen LogP contribution in [0.4, 0.5) is 0 Å². The normalized spacial score (nSPS) is 12.5. The van der Waals surface area contributed by atoms with Crippen LogP contribution >= 0.6 is 31.9 Å². The van der Waals surface area contributed by atoms with E-state index in [1.807, 2.05) is 6.92 Å². The fourth-order valence-corrected chi connectivity index (χ4v) is 3.11. The summed E-state index contributed by atoms with van der Waals surface area (Å²) in [5, 5.41) is 3.31. The number of ether oxygens (including phenoxy) is 2. The first-order chi connectivity index (χ1) is 9.08. The number of nitrogens with one attached hydrogen (secondary N) is 1. The Morgan fingerprint density at radius 2 is 1.89 bits per heavy atom. The molecule has 0 bridgehead atoms. The maximum atomic E-state index is 5.94. The van der Waals surface area contributed by atoms with E-state index in [4.69, 9.17) is 9.47 Å². The standard InChI is InChI=1S/C14H21Br2NO2/c1-4-17-9-11-7-12(15)14(13(16)8-11)19-10(2)5-6-18-3/h7-8,10,17H,4-6,9H2,1-3H3. The van der Waals surface area contributed by atoms with E-state index < -0.39 is 0 Å². The van der Waals surface area contributed by atoms with Crippen molar-refractivity contribution in [1.82, 2.24) is 5.32 Å². The molecular weight excluding hydrogens is 374 g/mol. The molecule has 0 spiro atoms. The third-order valence-electron chi connectivity index (χ3n) is 2.68. The number of hydrogen-bond donors (Lipinski definition) is 1. The Morgan fingerprint density at radius 3 is 2.42 bits per heavy atom. The van der Waals surface area contributed by atoms with Crippen molar-refractivity contribution in [2.45, 2.75) is 32.9 Å². The Morgan fingerprint density at radius 1 is 1.26 bits per heavy atom. The average Bonchev–Trinajstić information content (AvgIpc) is 2.38. The molecule has 1 rings (SSSR count). The highest BCUT2D eigenvalue weighted by atomic mass is 79.9. The predicted molar refractivity (Wildman–Crippen MR) is 85.8 cm³/mol. The second kappa shape index (κ2) is 8.95. The van der Waals surface area contributed by atoms with Crippen LogP contribution in [0.3, 0.4) is 0 Å². The third kappa shape index (κ3) is 5.81. The van der Waals surface area contributed by atoms with Crippen molar-refractivity contribution in [3.63, 3.8) is 0 Å². The summed E-state index contributed by atoms with van der Waals surface area (Å²) in [5.41, 5.74) is 1.22. The lowest BCUT2D eigenvalue weighted by Crippen LogP contribution is -2.15. The van der Waals surface area contributed by atoms with Gasteiger partial charge in [0, 0.05) is 26.7 Å². The lowest BCUT2D eigenvalue weighted by atomic mass is 10.2. The minimum Gasteiger partial charge on any atom is -0.488 e. The Labute approximate surface area is 132 Å². The van der Waals surface area contributed by atoms with Crippen molar-refractivity contribution in [2.24, 2.45) is 0 Å². The van der Waals surface area contributed by atoms with Crippen molar-refractivity contribution >= 4 is 31.9 Å². The molecule has 0 saturated carbocycles. The van der Waals surface area contributed by atoms with E-state index in [2.05, 4.69) is 56.2 Å². The summed E-state index contributed by atoms with van der Waals surface area (Å²) in [6.07, 6.45) is 0.987. The van der Waals surface area contributed by atoms with Crippen LogP contribution in [0.1, 0.15) is 25.8 Å². The van der Waals surface area contributed by atoms with Gasteiger partial charge in [-0.1, -0.05) is 6.92 Å². The average molecular weight is 395 g/mol. The molecule has 1 N–H and O–H groups in total. The van der Waals surface area contributed by atoms with Gasteiger partial charge in [-0.2, -0.15) is 0 Å². The van der Waals surface area contributed by atoms with Gasteiger partial charge in [-0.25, -0.2) is 0 Å². The minimum absolute atomic E-state index is 0.118. The van der Waals surface area contributed by atoms with Gasteiger partial charge in [0.25, 0.3) is 0 Å². The largest absolute Gasteiger partial charge is 0.488 e. The smallest absolute Gasteiger partial charge is 0.148 e. The molecule has 3 nitrogen and oxygen atoms in total. The van der Waals surface area contributed by atoms with Crippen molar-refractivity contribution in [1.29, 1.82) is 0 Å². The molecule has 1 aromatic carbocycles. The van der Waals surface area contributed by atoms with Gasteiger partial charge < -0.3 is 14.8 Å². The van der Waals surface area contributed by atoms with Crippen LogP contribution in [0.5, 0.6) is 5.75 Å². The molecule has 0 aliphatic carbocycles. The highest BCUT2D eigenvalue weighted by Gasteiger charge is 2.12. The van der Waals surface area contributed by atoms with Crippen molar-refractivity contribution in [3.8, 4) is 5.75 Å². The zero-order chi connectivity index (χ0) is 14.3. The van der Waals surface area contributed by atoms with Gasteiger partial charge in [0.05, 0.1) is 15.0 Å². The van der Waals surface area contributed by atoms with Crippen molar-refractivity contribution < 1.29 is 9.47 Å². The van der Waals surface area contributed by atoms with Crippen LogP contribution in [0.15, 0.2) is 21.1 Å². The minimum atomic E-state index is 0.118. The van der Waals surface area contributed by atoms with E-state index in [0.29, 0.717) is 6.61 Å². The molecule has 0 aromatic heterocycles. The van der Waals surface area contributed by atoms with E-state index in [-0.39, 0.29) is 6.10 Å². The van der Waals surface area contributed by atoms with Gasteiger partial charge >= 0.3 is 0 Å². The second-order valence-corrected chi connectivity index (χ2v) is 6.09. The lowest BCUT2D eigenvalue weighted by Gasteiger charge is -2.17. The van der Waals surface area contributed by atoms with Crippen LogP contribution in [0, 0.1) is 0 Å². The van der Waals surface area contributed by atoms with Crippen LogP contribution in [0.25, 0.3) is 0 Å². The molecule has 0 aliphatic heterocycles. The van der Waals surface area contributed by atoms with E-state index in [0.717, 1.165) is 34.2 Å². The first-order valence-corrected chi connectivity index (χ1v) is 8.01. The molecule has 19 heavy (non-hydrogen) atoms. The van der Waals surface area contributed by atoms with Crippen molar-refractivity contribution in [3.05, 3.63) is 26.6 Å². The fourth-order valence-electron chi connectivity index (χ4n) is 1.64. The summed E-state index contributed by atoms with van der Waals surface area (Å²) in [7, 11) is 1.70. The van der Waals surface area contributed by atoms with Gasteiger partial charge in [0.15, 0.2) is 0 Å². The number of hydrogen-bond acceptors (Lipinski definition) is 3. The zero-order valence-corrected chi connectivity index (χ0v) is 14.8. The van der Waals surface area contributed by atoms with Gasteiger partial charge in [0.1, 0.15) is 5.75 Å². The second-order valence-electron chi connectivity index (χ2n) is 4.38. The first-order valence-electron chi connectivity index (χ1n) is 6.42. The first kappa shape index (κ1) is 17.0. The summed E-state index contributed by atoms with van der Waals surface area (Å²) < 4.78 is 12.9. The SMILES string of the molecule is CCNCc1cc(Br)c(OC(C)CCOC)c(Br)c1. The molecule has 0 aliphatic rings. The molecule has 5 heteroatoms. The topological polar surface area (TPSA) is 30.5 Å². The Hall–Kier alpha value is -0.100. The molecule has 0 heterocycles. The van der Waals surface area contributed by atoms with Crippen LogP contribution in [0.2, 0.25) is 0 Å². The predicted octanol–water partition coefficient (Wildman–Crippen LogP) is 4.12. The van der Waals surface area contributed by atoms with Crippen LogP contribution in [-0.4, -0.2) is 26.4 Å². The third-order valence-corrected chi connectivity index (χ3v) is 3.86. The van der Waals surface area contributed by atoms with E-state index >= 15 is 0 Å². The number of halogens is 2. The molecular formula is C14H21Br2NO2. The Bertz CT molecular complexity index is 376. The molecule has 0 amide bonds. The number of rotatable bonds is 8. The maximum Gasteiger partial charge on any atom is 0.148 e. The molecule has 0 radical (unpaired) electrons. The molecule has 1 unspecified atom stereocenters. The quantitative estimate of drug-likeness (QED) is 0.719. The summed E-state index contributed by atoms with van der Waals surface area (Å²) in [6.45, 7) is 6.66. The number of benzene rings is 1.